The first-order chi connectivity index (χ1) is 9.70. The third kappa shape index (κ3) is 2.69. The summed E-state index contributed by atoms with van der Waals surface area (Å²) in [6.45, 7) is 2.80. The van der Waals surface area contributed by atoms with E-state index in [-0.39, 0.29) is 0 Å². The lowest BCUT2D eigenvalue weighted by Crippen LogP contribution is -2.00. The number of rotatable bonds is 3. The van der Waals surface area contributed by atoms with Crippen molar-refractivity contribution in [2.45, 2.75) is 13.5 Å². The van der Waals surface area contributed by atoms with Gasteiger partial charge < -0.3 is 5.73 Å². The summed E-state index contributed by atoms with van der Waals surface area (Å²) in [6.07, 6.45) is 1.75. The summed E-state index contributed by atoms with van der Waals surface area (Å²) in [6, 6.07) is 16.0. The monoisotopic (exact) mass is 264 g/mol. The fraction of sp³-hybridized carbons (Fsp3) is 0.125. The van der Waals surface area contributed by atoms with E-state index in [0.717, 1.165) is 17.8 Å². The summed E-state index contributed by atoms with van der Waals surface area (Å²) in [7, 11) is 0. The largest absolute Gasteiger partial charge is 0.399 e. The highest BCUT2D eigenvalue weighted by molar-refractivity contribution is 5.60. The molecule has 0 spiro atoms. The summed E-state index contributed by atoms with van der Waals surface area (Å²) in [5, 5.41) is 4.49. The van der Waals surface area contributed by atoms with Gasteiger partial charge in [-0.25, -0.2) is 9.67 Å². The third-order valence-electron chi connectivity index (χ3n) is 3.15. The van der Waals surface area contributed by atoms with Gasteiger partial charge in [0.25, 0.3) is 0 Å². The number of aromatic nitrogens is 3. The smallest absolute Gasteiger partial charge is 0.181 e. The van der Waals surface area contributed by atoms with Crippen LogP contribution in [0.5, 0.6) is 0 Å². The first-order valence-corrected chi connectivity index (χ1v) is 6.51. The van der Waals surface area contributed by atoms with E-state index in [1.54, 1.807) is 6.33 Å². The van der Waals surface area contributed by atoms with E-state index < -0.39 is 0 Å². The maximum absolute atomic E-state index is 5.78. The Morgan fingerprint density at radius 2 is 1.90 bits per heavy atom. The molecule has 0 aliphatic heterocycles. The first kappa shape index (κ1) is 12.4. The SMILES string of the molecule is Cc1ccc(Cn2cnc(-c3cccc(N)c3)n2)cc1. The average Bonchev–Trinajstić information content (AvgIpc) is 2.90. The molecule has 0 unspecified atom stereocenters. The van der Waals surface area contributed by atoms with Gasteiger partial charge >= 0.3 is 0 Å². The molecule has 0 saturated heterocycles. The summed E-state index contributed by atoms with van der Waals surface area (Å²) < 4.78 is 1.84. The molecule has 0 radical (unpaired) electrons. The molecular weight excluding hydrogens is 248 g/mol. The molecule has 3 aromatic rings. The Labute approximate surface area is 117 Å². The second-order valence-corrected chi connectivity index (χ2v) is 4.88. The number of nitrogen functional groups attached to an aromatic ring is 1. The standard InChI is InChI=1S/C16H16N4/c1-12-5-7-13(8-6-12)10-20-11-18-16(19-20)14-3-2-4-15(17)9-14/h2-9,11H,10,17H2,1H3. The van der Waals surface area contributed by atoms with Gasteiger partial charge in [0, 0.05) is 11.3 Å². The number of hydrogen-bond acceptors (Lipinski definition) is 3. The van der Waals surface area contributed by atoms with Crippen molar-refractivity contribution in [3.63, 3.8) is 0 Å². The van der Waals surface area contributed by atoms with Gasteiger partial charge in [-0.2, -0.15) is 5.10 Å². The van der Waals surface area contributed by atoms with E-state index in [2.05, 4.69) is 41.3 Å². The maximum atomic E-state index is 5.78. The van der Waals surface area contributed by atoms with Gasteiger partial charge in [-0.15, -0.1) is 0 Å². The number of nitrogens with two attached hydrogens (primary N) is 1. The average molecular weight is 264 g/mol. The molecule has 4 nitrogen and oxygen atoms in total. The van der Waals surface area contributed by atoms with Gasteiger partial charge in [0.05, 0.1) is 6.54 Å². The maximum Gasteiger partial charge on any atom is 0.181 e. The molecule has 1 heterocycles. The lowest BCUT2D eigenvalue weighted by molar-refractivity contribution is 0.687. The molecule has 100 valence electrons. The highest BCUT2D eigenvalue weighted by Crippen LogP contribution is 2.17. The molecule has 0 aliphatic rings. The van der Waals surface area contributed by atoms with Crippen molar-refractivity contribution in [1.29, 1.82) is 0 Å². The van der Waals surface area contributed by atoms with Crippen LogP contribution in [0.3, 0.4) is 0 Å². The molecular formula is C16H16N4. The number of benzene rings is 2. The molecule has 0 bridgehead atoms. The van der Waals surface area contributed by atoms with Crippen LogP contribution in [0.4, 0.5) is 5.69 Å². The highest BCUT2D eigenvalue weighted by atomic mass is 15.3. The minimum Gasteiger partial charge on any atom is -0.399 e. The molecule has 0 aliphatic carbocycles. The first-order valence-electron chi connectivity index (χ1n) is 6.51. The second kappa shape index (κ2) is 5.17. The van der Waals surface area contributed by atoms with Crippen molar-refractivity contribution in [3.8, 4) is 11.4 Å². The van der Waals surface area contributed by atoms with Crippen LogP contribution in [0.1, 0.15) is 11.1 Å². The van der Waals surface area contributed by atoms with E-state index in [1.807, 2.05) is 28.9 Å². The molecule has 20 heavy (non-hydrogen) atoms. The molecule has 0 atom stereocenters. The highest BCUT2D eigenvalue weighted by Gasteiger charge is 2.04. The molecule has 4 heteroatoms. The summed E-state index contributed by atoms with van der Waals surface area (Å²) in [4.78, 5) is 4.34. The van der Waals surface area contributed by atoms with E-state index >= 15 is 0 Å². The van der Waals surface area contributed by atoms with E-state index in [9.17, 15) is 0 Å². The molecule has 0 saturated carbocycles. The number of aryl methyl sites for hydroxylation is 1. The van der Waals surface area contributed by atoms with Crippen LogP contribution < -0.4 is 5.73 Å². The summed E-state index contributed by atoms with van der Waals surface area (Å²) >= 11 is 0. The predicted molar refractivity (Wildman–Crippen MR) is 80.2 cm³/mol. The van der Waals surface area contributed by atoms with Gasteiger partial charge in [0.1, 0.15) is 6.33 Å². The van der Waals surface area contributed by atoms with E-state index in [0.29, 0.717) is 5.82 Å². The normalized spacial score (nSPS) is 10.7. The Morgan fingerprint density at radius 1 is 1.10 bits per heavy atom. The zero-order valence-electron chi connectivity index (χ0n) is 11.3. The van der Waals surface area contributed by atoms with E-state index in [1.165, 1.54) is 11.1 Å². The number of anilines is 1. The fourth-order valence-electron chi connectivity index (χ4n) is 2.06. The van der Waals surface area contributed by atoms with Crippen LogP contribution >= 0.6 is 0 Å². The lowest BCUT2D eigenvalue weighted by Gasteiger charge is -2.01. The lowest BCUT2D eigenvalue weighted by atomic mass is 10.1. The topological polar surface area (TPSA) is 56.7 Å². The van der Waals surface area contributed by atoms with Crippen molar-refractivity contribution in [1.82, 2.24) is 14.8 Å². The molecule has 2 N–H and O–H groups in total. The minimum absolute atomic E-state index is 0.699. The summed E-state index contributed by atoms with van der Waals surface area (Å²) in [5.41, 5.74) is 9.90. The Kier molecular flexibility index (Phi) is 3.21. The quantitative estimate of drug-likeness (QED) is 0.740. The molecule has 2 aromatic carbocycles. The molecule has 3 rings (SSSR count). The number of nitrogens with zero attached hydrogens (tertiary/aromatic N) is 3. The van der Waals surface area contributed by atoms with Gasteiger partial charge in [-0.05, 0) is 24.6 Å². The molecule has 0 fully saturated rings. The Balaban J connectivity index is 1.82. The van der Waals surface area contributed by atoms with E-state index in [4.69, 9.17) is 5.73 Å². The van der Waals surface area contributed by atoms with Crippen LogP contribution in [-0.4, -0.2) is 14.8 Å². The fourth-order valence-corrected chi connectivity index (χ4v) is 2.06. The van der Waals surface area contributed by atoms with Gasteiger partial charge in [-0.1, -0.05) is 42.0 Å². The predicted octanol–water partition coefficient (Wildman–Crippen LogP) is 2.88. The van der Waals surface area contributed by atoms with Crippen LogP contribution in [0, 0.1) is 6.92 Å². The zero-order valence-corrected chi connectivity index (χ0v) is 11.3. The zero-order chi connectivity index (χ0) is 13.9. The van der Waals surface area contributed by atoms with Crippen molar-refractivity contribution in [3.05, 3.63) is 66.0 Å². The number of hydrogen-bond donors (Lipinski definition) is 1. The van der Waals surface area contributed by atoms with Gasteiger partial charge in [0.15, 0.2) is 5.82 Å². The third-order valence-corrected chi connectivity index (χ3v) is 3.15. The summed E-state index contributed by atoms with van der Waals surface area (Å²) in [5.74, 6) is 0.699. The van der Waals surface area contributed by atoms with Gasteiger partial charge in [-0.3, -0.25) is 0 Å². The van der Waals surface area contributed by atoms with Crippen LogP contribution in [-0.2, 0) is 6.54 Å². The Morgan fingerprint density at radius 3 is 2.65 bits per heavy atom. The van der Waals surface area contributed by atoms with Crippen LogP contribution in [0.25, 0.3) is 11.4 Å². The van der Waals surface area contributed by atoms with Crippen molar-refractivity contribution < 1.29 is 0 Å². The Bertz CT molecular complexity index is 713. The Hall–Kier alpha value is -2.62. The van der Waals surface area contributed by atoms with Crippen molar-refractivity contribution in [2.75, 3.05) is 5.73 Å². The van der Waals surface area contributed by atoms with Crippen molar-refractivity contribution >= 4 is 5.69 Å². The van der Waals surface area contributed by atoms with Crippen LogP contribution in [0.15, 0.2) is 54.9 Å². The van der Waals surface area contributed by atoms with Crippen molar-refractivity contribution in [2.24, 2.45) is 0 Å². The van der Waals surface area contributed by atoms with Crippen LogP contribution in [0.2, 0.25) is 0 Å². The molecule has 1 aromatic heterocycles. The minimum atomic E-state index is 0.699. The van der Waals surface area contributed by atoms with Gasteiger partial charge in [0.2, 0.25) is 0 Å². The molecule has 0 amide bonds. The second-order valence-electron chi connectivity index (χ2n) is 4.88.